The number of nitrogens with one attached hydrogen (secondary N) is 1. The molecule has 0 saturated carbocycles. The van der Waals surface area contributed by atoms with Gasteiger partial charge in [0.05, 0.1) is 25.3 Å². The molecule has 1 aromatic heterocycles. The molecule has 3 aromatic carbocycles. The van der Waals surface area contributed by atoms with Crippen molar-refractivity contribution in [1.29, 1.82) is 0 Å². The van der Waals surface area contributed by atoms with E-state index in [2.05, 4.69) is 16.4 Å². The molecule has 4 aromatic rings. The van der Waals surface area contributed by atoms with Gasteiger partial charge in [0.1, 0.15) is 11.5 Å². The third-order valence-corrected chi connectivity index (χ3v) is 4.73. The van der Waals surface area contributed by atoms with Crippen molar-refractivity contribution in [2.75, 3.05) is 19.5 Å². The molecule has 0 saturated heterocycles. The normalized spacial score (nSPS) is 10.6. The number of anilines is 1. The van der Waals surface area contributed by atoms with Gasteiger partial charge in [-0.1, -0.05) is 36.4 Å². The average Bonchev–Trinajstić information content (AvgIpc) is 2.78. The Hall–Kier alpha value is -3.86. The van der Waals surface area contributed by atoms with Gasteiger partial charge in [0.25, 0.3) is 5.91 Å². The van der Waals surface area contributed by atoms with Crippen LogP contribution in [0.2, 0.25) is 0 Å². The summed E-state index contributed by atoms with van der Waals surface area (Å²) >= 11 is 0. The van der Waals surface area contributed by atoms with E-state index in [9.17, 15) is 4.79 Å². The molecule has 29 heavy (non-hydrogen) atoms. The molecular formula is C24H20N2O3. The first-order chi connectivity index (χ1) is 14.2. The van der Waals surface area contributed by atoms with Gasteiger partial charge in [-0.25, -0.2) is 0 Å². The van der Waals surface area contributed by atoms with Crippen LogP contribution in [0.5, 0.6) is 11.5 Å². The van der Waals surface area contributed by atoms with E-state index in [1.165, 1.54) is 7.11 Å². The topological polar surface area (TPSA) is 60.5 Å². The van der Waals surface area contributed by atoms with Crippen LogP contribution < -0.4 is 14.8 Å². The van der Waals surface area contributed by atoms with Crippen molar-refractivity contribution >= 4 is 22.5 Å². The standard InChI is InChI=1S/C24H20N2O3/c1-28-18-11-12-20(23(14-18)29-2)24(27)26-22-10-6-4-8-19(22)17-13-16-7-3-5-9-21(16)25-15-17/h3-15H,1-2H3,(H,26,27). The average molecular weight is 384 g/mol. The summed E-state index contributed by atoms with van der Waals surface area (Å²) in [6.45, 7) is 0. The van der Waals surface area contributed by atoms with Gasteiger partial charge < -0.3 is 14.8 Å². The fraction of sp³-hybridized carbons (Fsp3) is 0.0833. The third kappa shape index (κ3) is 3.75. The van der Waals surface area contributed by atoms with Crippen molar-refractivity contribution < 1.29 is 14.3 Å². The highest BCUT2D eigenvalue weighted by Gasteiger charge is 2.15. The van der Waals surface area contributed by atoms with Gasteiger partial charge in [0.15, 0.2) is 0 Å². The lowest BCUT2D eigenvalue weighted by Crippen LogP contribution is -2.14. The highest BCUT2D eigenvalue weighted by Crippen LogP contribution is 2.31. The maximum absolute atomic E-state index is 12.9. The zero-order valence-electron chi connectivity index (χ0n) is 16.2. The number of fused-ring (bicyclic) bond motifs is 1. The Labute approximate surface area is 168 Å². The first-order valence-electron chi connectivity index (χ1n) is 9.17. The summed E-state index contributed by atoms with van der Waals surface area (Å²) in [5, 5.41) is 4.04. The molecule has 0 fully saturated rings. The largest absolute Gasteiger partial charge is 0.497 e. The van der Waals surface area contributed by atoms with Crippen LogP contribution in [0.3, 0.4) is 0 Å². The molecule has 0 bridgehead atoms. The van der Waals surface area contributed by atoms with Crippen LogP contribution in [0.4, 0.5) is 5.69 Å². The second-order valence-corrected chi connectivity index (χ2v) is 6.48. The van der Waals surface area contributed by atoms with Gasteiger partial charge in [-0.15, -0.1) is 0 Å². The number of ether oxygens (including phenoxy) is 2. The summed E-state index contributed by atoms with van der Waals surface area (Å²) < 4.78 is 10.6. The van der Waals surface area contributed by atoms with Crippen molar-refractivity contribution in [3.05, 3.63) is 84.6 Å². The van der Waals surface area contributed by atoms with Crippen molar-refractivity contribution in [3.63, 3.8) is 0 Å². The molecule has 0 aliphatic rings. The van der Waals surface area contributed by atoms with Crippen LogP contribution in [0.1, 0.15) is 10.4 Å². The number of aromatic nitrogens is 1. The number of amides is 1. The number of hydrogen-bond acceptors (Lipinski definition) is 4. The molecule has 5 heteroatoms. The number of methoxy groups -OCH3 is 2. The summed E-state index contributed by atoms with van der Waals surface area (Å²) in [6, 6.07) is 22.8. The number of pyridine rings is 1. The number of rotatable bonds is 5. The molecule has 0 atom stereocenters. The number of carbonyl (C=O) groups excluding carboxylic acids is 1. The lowest BCUT2D eigenvalue weighted by atomic mass is 10.0. The van der Waals surface area contributed by atoms with E-state index in [0.717, 1.165) is 22.0 Å². The Morgan fingerprint density at radius 3 is 2.52 bits per heavy atom. The summed E-state index contributed by atoms with van der Waals surface area (Å²) in [5.41, 5.74) is 3.89. The van der Waals surface area contributed by atoms with Crippen LogP contribution in [-0.2, 0) is 0 Å². The maximum atomic E-state index is 12.9. The SMILES string of the molecule is COc1ccc(C(=O)Nc2ccccc2-c2cnc3ccccc3c2)c(OC)c1. The van der Waals surface area contributed by atoms with Gasteiger partial charge in [-0.3, -0.25) is 9.78 Å². The van der Waals surface area contributed by atoms with Crippen LogP contribution in [0, 0.1) is 0 Å². The number of para-hydroxylation sites is 2. The quantitative estimate of drug-likeness (QED) is 0.516. The van der Waals surface area contributed by atoms with Gasteiger partial charge in [0.2, 0.25) is 0 Å². The van der Waals surface area contributed by atoms with Gasteiger partial charge in [-0.05, 0) is 30.3 Å². The lowest BCUT2D eigenvalue weighted by Gasteiger charge is -2.14. The van der Waals surface area contributed by atoms with Crippen molar-refractivity contribution in [1.82, 2.24) is 4.98 Å². The Balaban J connectivity index is 1.69. The minimum absolute atomic E-state index is 0.259. The number of hydrogen-bond donors (Lipinski definition) is 1. The number of carbonyl (C=O) groups is 1. The van der Waals surface area contributed by atoms with Crippen molar-refractivity contribution in [3.8, 4) is 22.6 Å². The van der Waals surface area contributed by atoms with E-state index < -0.39 is 0 Å². The molecule has 0 spiro atoms. The van der Waals surface area contributed by atoms with E-state index >= 15 is 0 Å². The Kier molecular flexibility index (Phi) is 5.12. The van der Waals surface area contributed by atoms with Gasteiger partial charge >= 0.3 is 0 Å². The Morgan fingerprint density at radius 2 is 1.69 bits per heavy atom. The molecule has 1 N–H and O–H groups in total. The zero-order chi connectivity index (χ0) is 20.2. The predicted octanol–water partition coefficient (Wildman–Crippen LogP) is 5.17. The highest BCUT2D eigenvalue weighted by molar-refractivity contribution is 6.08. The molecule has 1 heterocycles. The summed E-state index contributed by atoms with van der Waals surface area (Å²) in [4.78, 5) is 17.5. The Bertz CT molecular complexity index is 1190. The smallest absolute Gasteiger partial charge is 0.259 e. The number of nitrogens with zero attached hydrogens (tertiary/aromatic N) is 1. The third-order valence-electron chi connectivity index (χ3n) is 4.73. The van der Waals surface area contributed by atoms with Crippen LogP contribution in [-0.4, -0.2) is 25.1 Å². The fourth-order valence-electron chi connectivity index (χ4n) is 3.24. The monoisotopic (exact) mass is 384 g/mol. The minimum Gasteiger partial charge on any atom is -0.497 e. The number of benzene rings is 3. The summed E-state index contributed by atoms with van der Waals surface area (Å²) in [7, 11) is 3.10. The minimum atomic E-state index is -0.259. The molecule has 0 radical (unpaired) electrons. The van der Waals surface area contributed by atoms with E-state index in [4.69, 9.17) is 9.47 Å². The summed E-state index contributed by atoms with van der Waals surface area (Å²) in [6.07, 6.45) is 1.82. The van der Waals surface area contributed by atoms with Crippen LogP contribution in [0.25, 0.3) is 22.0 Å². The van der Waals surface area contributed by atoms with Crippen molar-refractivity contribution in [2.24, 2.45) is 0 Å². The molecule has 0 unspecified atom stereocenters. The van der Waals surface area contributed by atoms with E-state index in [-0.39, 0.29) is 5.91 Å². The van der Waals surface area contributed by atoms with E-state index in [0.29, 0.717) is 22.7 Å². The molecule has 144 valence electrons. The molecule has 5 nitrogen and oxygen atoms in total. The zero-order valence-corrected chi connectivity index (χ0v) is 16.2. The first kappa shape index (κ1) is 18.5. The van der Waals surface area contributed by atoms with Crippen molar-refractivity contribution in [2.45, 2.75) is 0 Å². The molecular weight excluding hydrogens is 364 g/mol. The van der Waals surface area contributed by atoms with Crippen LogP contribution in [0.15, 0.2) is 79.0 Å². The fourth-order valence-corrected chi connectivity index (χ4v) is 3.24. The first-order valence-corrected chi connectivity index (χ1v) is 9.17. The maximum Gasteiger partial charge on any atom is 0.259 e. The highest BCUT2D eigenvalue weighted by atomic mass is 16.5. The molecule has 1 amide bonds. The molecule has 0 aliphatic heterocycles. The van der Waals surface area contributed by atoms with Gasteiger partial charge in [-0.2, -0.15) is 0 Å². The lowest BCUT2D eigenvalue weighted by molar-refractivity contribution is 0.102. The predicted molar refractivity (Wildman–Crippen MR) is 115 cm³/mol. The molecule has 4 rings (SSSR count). The van der Waals surface area contributed by atoms with Gasteiger partial charge in [0, 0.05) is 34.5 Å². The van der Waals surface area contributed by atoms with E-state index in [1.54, 1.807) is 25.3 Å². The second-order valence-electron chi connectivity index (χ2n) is 6.48. The Morgan fingerprint density at radius 1 is 0.897 bits per heavy atom. The van der Waals surface area contributed by atoms with Crippen LogP contribution >= 0.6 is 0 Å². The molecule has 0 aliphatic carbocycles. The second kappa shape index (κ2) is 8.02. The van der Waals surface area contributed by atoms with E-state index in [1.807, 2.05) is 54.7 Å². The summed E-state index contributed by atoms with van der Waals surface area (Å²) in [5.74, 6) is 0.818.